The van der Waals surface area contributed by atoms with Crippen LogP contribution < -0.4 is 4.90 Å². The van der Waals surface area contributed by atoms with Crippen LogP contribution in [0.15, 0.2) is 70.4 Å². The molecular formula is C19H15FN2O2S. The van der Waals surface area contributed by atoms with Crippen molar-refractivity contribution in [2.45, 2.75) is 16.9 Å². The van der Waals surface area contributed by atoms with Crippen LogP contribution in [0.4, 0.5) is 10.1 Å². The normalized spacial score (nSPS) is 17.2. The van der Waals surface area contributed by atoms with Crippen LogP contribution in [0.3, 0.4) is 0 Å². The van der Waals surface area contributed by atoms with E-state index < -0.39 is 0 Å². The Morgan fingerprint density at radius 1 is 1.12 bits per heavy atom. The lowest BCUT2D eigenvalue weighted by Gasteiger charge is -2.16. The molecule has 1 atom stereocenters. The molecule has 1 amide bonds. The van der Waals surface area contributed by atoms with Gasteiger partial charge in [0.25, 0.3) is 5.22 Å². The molecular weight excluding hydrogens is 339 g/mol. The molecule has 3 aromatic rings. The Balaban J connectivity index is 1.46. The summed E-state index contributed by atoms with van der Waals surface area (Å²) in [5.41, 5.74) is 1.67. The maximum Gasteiger partial charge on any atom is 0.256 e. The van der Waals surface area contributed by atoms with Crippen molar-refractivity contribution >= 4 is 23.4 Å². The van der Waals surface area contributed by atoms with Gasteiger partial charge in [-0.15, -0.1) is 0 Å². The van der Waals surface area contributed by atoms with Crippen molar-refractivity contribution < 1.29 is 13.6 Å². The van der Waals surface area contributed by atoms with E-state index >= 15 is 0 Å². The highest BCUT2D eigenvalue weighted by Gasteiger charge is 2.34. The average molecular weight is 354 g/mol. The Morgan fingerprint density at radius 2 is 1.88 bits per heavy atom. The van der Waals surface area contributed by atoms with Crippen molar-refractivity contribution in [1.29, 1.82) is 0 Å². The molecule has 0 N–H and O–H groups in total. The van der Waals surface area contributed by atoms with Crippen LogP contribution in [-0.4, -0.2) is 22.7 Å². The molecule has 4 rings (SSSR count). The minimum absolute atomic E-state index is 0.0673. The van der Waals surface area contributed by atoms with E-state index in [1.54, 1.807) is 23.2 Å². The van der Waals surface area contributed by atoms with Gasteiger partial charge < -0.3 is 9.32 Å². The lowest BCUT2D eigenvalue weighted by Crippen LogP contribution is -2.27. The molecule has 1 saturated heterocycles. The molecule has 2 aromatic carbocycles. The summed E-state index contributed by atoms with van der Waals surface area (Å²) in [6.45, 7) is 0.687. The van der Waals surface area contributed by atoms with Crippen LogP contribution in [0.5, 0.6) is 0 Å². The summed E-state index contributed by atoms with van der Waals surface area (Å²) in [5, 5.41) is 0.243. The van der Waals surface area contributed by atoms with E-state index in [2.05, 4.69) is 4.98 Å². The van der Waals surface area contributed by atoms with Crippen molar-refractivity contribution in [3.8, 4) is 11.3 Å². The summed E-state index contributed by atoms with van der Waals surface area (Å²) < 4.78 is 18.7. The van der Waals surface area contributed by atoms with Crippen LogP contribution in [0, 0.1) is 5.82 Å². The van der Waals surface area contributed by atoms with Crippen LogP contribution >= 0.6 is 11.8 Å². The molecule has 1 aliphatic rings. The molecule has 1 unspecified atom stereocenters. The Kier molecular flexibility index (Phi) is 4.28. The molecule has 6 heteroatoms. The van der Waals surface area contributed by atoms with Gasteiger partial charge in [-0.2, -0.15) is 0 Å². The number of carbonyl (C=O) groups excluding carboxylic acids is 1. The fourth-order valence-corrected chi connectivity index (χ4v) is 3.76. The molecule has 25 heavy (non-hydrogen) atoms. The second kappa shape index (κ2) is 6.72. The number of benzene rings is 2. The first-order valence-electron chi connectivity index (χ1n) is 7.95. The zero-order valence-electron chi connectivity index (χ0n) is 13.3. The smallest absolute Gasteiger partial charge is 0.256 e. The molecule has 0 aliphatic carbocycles. The van der Waals surface area contributed by atoms with Gasteiger partial charge in [0, 0.05) is 17.8 Å². The van der Waals surface area contributed by atoms with E-state index in [9.17, 15) is 9.18 Å². The van der Waals surface area contributed by atoms with Crippen molar-refractivity contribution in [3.05, 3.63) is 66.6 Å². The largest absolute Gasteiger partial charge is 0.431 e. The minimum atomic E-state index is -0.296. The molecule has 1 fully saturated rings. The molecule has 0 saturated carbocycles. The molecule has 0 spiro atoms. The number of para-hydroxylation sites is 1. The minimum Gasteiger partial charge on any atom is -0.431 e. The summed E-state index contributed by atoms with van der Waals surface area (Å²) in [5.74, 6) is 0.334. The standard InChI is InChI=1S/C19H15FN2O2S/c20-14-8-6-13(7-9-14)16-12-21-19(24-16)25-17-10-11-22(18(17)23)15-4-2-1-3-5-15/h1-9,12,17H,10-11H2. The van der Waals surface area contributed by atoms with Gasteiger partial charge in [0.2, 0.25) is 5.91 Å². The van der Waals surface area contributed by atoms with E-state index in [4.69, 9.17) is 4.42 Å². The lowest BCUT2D eigenvalue weighted by atomic mass is 10.2. The molecule has 2 heterocycles. The predicted octanol–water partition coefficient (Wildman–Crippen LogP) is 4.38. The van der Waals surface area contributed by atoms with Crippen molar-refractivity contribution in [2.24, 2.45) is 0 Å². The highest BCUT2D eigenvalue weighted by molar-refractivity contribution is 8.00. The summed E-state index contributed by atoms with van der Waals surface area (Å²) in [4.78, 5) is 18.7. The number of amides is 1. The topological polar surface area (TPSA) is 46.3 Å². The molecule has 1 aliphatic heterocycles. The van der Waals surface area contributed by atoms with Crippen LogP contribution in [0.1, 0.15) is 6.42 Å². The number of rotatable bonds is 4. The van der Waals surface area contributed by atoms with E-state index in [-0.39, 0.29) is 17.0 Å². The third-order valence-electron chi connectivity index (χ3n) is 4.08. The Bertz CT molecular complexity index is 880. The predicted molar refractivity (Wildman–Crippen MR) is 95.0 cm³/mol. The molecule has 0 bridgehead atoms. The average Bonchev–Trinajstić information content (AvgIpc) is 3.24. The van der Waals surface area contributed by atoms with Gasteiger partial charge in [0.15, 0.2) is 5.76 Å². The molecule has 126 valence electrons. The van der Waals surface area contributed by atoms with Crippen LogP contribution in [0.2, 0.25) is 0 Å². The third-order valence-corrected chi connectivity index (χ3v) is 5.19. The van der Waals surface area contributed by atoms with E-state index in [1.807, 2.05) is 30.3 Å². The summed E-state index contributed by atoms with van der Waals surface area (Å²) in [6, 6.07) is 15.7. The maximum absolute atomic E-state index is 13.0. The second-order valence-corrected chi connectivity index (χ2v) is 6.87. The van der Waals surface area contributed by atoms with Gasteiger partial charge in [-0.05, 0) is 42.8 Å². The Labute approximate surface area is 148 Å². The van der Waals surface area contributed by atoms with E-state index in [1.165, 1.54) is 23.9 Å². The van der Waals surface area contributed by atoms with Gasteiger partial charge in [0.1, 0.15) is 5.82 Å². The number of thioether (sulfide) groups is 1. The second-order valence-electron chi connectivity index (χ2n) is 5.72. The number of carbonyl (C=O) groups is 1. The van der Waals surface area contributed by atoms with Crippen molar-refractivity contribution in [1.82, 2.24) is 4.98 Å². The van der Waals surface area contributed by atoms with Crippen molar-refractivity contribution in [3.63, 3.8) is 0 Å². The first-order valence-corrected chi connectivity index (χ1v) is 8.83. The zero-order chi connectivity index (χ0) is 17.2. The number of aromatic nitrogens is 1. The highest BCUT2D eigenvalue weighted by atomic mass is 32.2. The van der Waals surface area contributed by atoms with E-state index in [0.29, 0.717) is 17.5 Å². The highest BCUT2D eigenvalue weighted by Crippen LogP contribution is 2.34. The first kappa shape index (κ1) is 15.9. The maximum atomic E-state index is 13.0. The molecule has 1 aromatic heterocycles. The summed E-state index contributed by atoms with van der Waals surface area (Å²) in [6.07, 6.45) is 2.34. The van der Waals surface area contributed by atoms with Gasteiger partial charge in [-0.3, -0.25) is 4.79 Å². The fraction of sp³-hybridized carbons (Fsp3) is 0.158. The van der Waals surface area contributed by atoms with Crippen molar-refractivity contribution in [2.75, 3.05) is 11.4 Å². The zero-order valence-corrected chi connectivity index (χ0v) is 14.1. The summed E-state index contributed by atoms with van der Waals surface area (Å²) >= 11 is 1.33. The summed E-state index contributed by atoms with van der Waals surface area (Å²) in [7, 11) is 0. The Morgan fingerprint density at radius 3 is 2.64 bits per heavy atom. The lowest BCUT2D eigenvalue weighted by molar-refractivity contribution is -0.116. The van der Waals surface area contributed by atoms with Crippen LogP contribution in [-0.2, 0) is 4.79 Å². The number of anilines is 1. The number of nitrogens with zero attached hydrogens (tertiary/aromatic N) is 2. The number of oxazole rings is 1. The van der Waals surface area contributed by atoms with E-state index in [0.717, 1.165) is 17.7 Å². The van der Waals surface area contributed by atoms with Gasteiger partial charge in [-0.1, -0.05) is 30.0 Å². The number of halogens is 1. The van der Waals surface area contributed by atoms with Gasteiger partial charge in [0.05, 0.1) is 11.4 Å². The number of hydrogen-bond donors (Lipinski definition) is 0. The van der Waals surface area contributed by atoms with Gasteiger partial charge in [-0.25, -0.2) is 9.37 Å². The third kappa shape index (κ3) is 3.30. The molecule has 0 radical (unpaired) electrons. The Hall–Kier alpha value is -2.60. The first-order chi connectivity index (χ1) is 12.2. The monoisotopic (exact) mass is 354 g/mol. The fourth-order valence-electron chi connectivity index (χ4n) is 2.81. The molecule has 4 nitrogen and oxygen atoms in total. The van der Waals surface area contributed by atoms with Crippen LogP contribution in [0.25, 0.3) is 11.3 Å². The SMILES string of the molecule is O=C1C(Sc2ncc(-c3ccc(F)cc3)o2)CCN1c1ccccc1. The number of hydrogen-bond acceptors (Lipinski definition) is 4. The van der Waals surface area contributed by atoms with Gasteiger partial charge >= 0.3 is 0 Å². The quantitative estimate of drug-likeness (QED) is 0.698.